The summed E-state index contributed by atoms with van der Waals surface area (Å²) in [5.41, 5.74) is 2.70. The first-order valence-electron chi connectivity index (χ1n) is 13.7. The molecule has 43 heavy (non-hydrogen) atoms. The number of ether oxygens (including phenoxy) is 1. The van der Waals surface area contributed by atoms with Crippen LogP contribution < -0.4 is 14.8 Å². The number of rotatable bonds is 10. The van der Waals surface area contributed by atoms with Gasteiger partial charge in [0.2, 0.25) is 0 Å². The summed E-state index contributed by atoms with van der Waals surface area (Å²) in [6.45, 7) is 2.80. The van der Waals surface area contributed by atoms with Crippen LogP contribution in [0.2, 0.25) is 0 Å². The van der Waals surface area contributed by atoms with E-state index in [1.54, 1.807) is 24.3 Å². The standard InChI is InChI=1S/C30H32FN5O3S.CH2O2/c1-36-17-14-22(15-18-36)16-19-39-26-12-6-23(7-13-26)28-20-30(33-21-32-28)34-24-8-10-25(11-9-24)35-40(37,38)29-5-3-2-4-27(29)31;2-1-3/h2-13,20-22,35H,14-19H2,1H3,(H,32,33,34);1H,(H,2,3). The second-order valence-corrected chi connectivity index (χ2v) is 11.7. The molecule has 3 aromatic carbocycles. The minimum absolute atomic E-state index is 0.250. The first-order chi connectivity index (χ1) is 20.8. The van der Waals surface area contributed by atoms with Crippen molar-refractivity contribution >= 4 is 33.7 Å². The zero-order valence-electron chi connectivity index (χ0n) is 23.7. The maximum absolute atomic E-state index is 13.9. The number of hydrogen-bond acceptors (Lipinski definition) is 8. The first-order valence-corrected chi connectivity index (χ1v) is 15.2. The van der Waals surface area contributed by atoms with Crippen LogP contribution in [0.4, 0.5) is 21.6 Å². The van der Waals surface area contributed by atoms with E-state index in [1.807, 2.05) is 30.3 Å². The molecular formula is C31H34FN5O5S. The van der Waals surface area contributed by atoms with Gasteiger partial charge in [-0.15, -0.1) is 0 Å². The lowest BCUT2D eigenvalue weighted by Crippen LogP contribution is -2.30. The van der Waals surface area contributed by atoms with Crippen molar-refractivity contribution in [3.8, 4) is 17.0 Å². The van der Waals surface area contributed by atoms with Crippen LogP contribution in [0.25, 0.3) is 11.3 Å². The Morgan fingerprint density at radius 1 is 1.00 bits per heavy atom. The van der Waals surface area contributed by atoms with Crippen LogP contribution in [0, 0.1) is 11.7 Å². The molecule has 12 heteroatoms. The lowest BCUT2D eigenvalue weighted by atomic mass is 9.94. The third-order valence-corrected chi connectivity index (χ3v) is 8.40. The summed E-state index contributed by atoms with van der Waals surface area (Å²) in [7, 11) is -1.87. The number of piperidine rings is 1. The number of nitrogens with one attached hydrogen (secondary N) is 2. The molecule has 4 aromatic rings. The van der Waals surface area contributed by atoms with E-state index < -0.39 is 20.7 Å². The predicted octanol–water partition coefficient (Wildman–Crippen LogP) is 5.64. The van der Waals surface area contributed by atoms with Gasteiger partial charge < -0.3 is 20.1 Å². The normalized spacial score (nSPS) is 13.8. The highest BCUT2D eigenvalue weighted by molar-refractivity contribution is 7.92. The molecule has 0 amide bonds. The smallest absolute Gasteiger partial charge is 0.290 e. The van der Waals surface area contributed by atoms with Crippen molar-refractivity contribution in [1.82, 2.24) is 14.9 Å². The van der Waals surface area contributed by atoms with Gasteiger partial charge in [-0.25, -0.2) is 22.8 Å². The van der Waals surface area contributed by atoms with Crippen molar-refractivity contribution in [2.75, 3.05) is 36.8 Å². The number of benzene rings is 3. The zero-order chi connectivity index (χ0) is 30.7. The summed E-state index contributed by atoms with van der Waals surface area (Å²) in [5.74, 6) is 1.36. The van der Waals surface area contributed by atoms with E-state index in [2.05, 4.69) is 32.0 Å². The predicted molar refractivity (Wildman–Crippen MR) is 163 cm³/mol. The molecular weight excluding hydrogens is 573 g/mol. The molecule has 1 aromatic heterocycles. The lowest BCUT2D eigenvalue weighted by Gasteiger charge is -2.28. The average Bonchev–Trinajstić information content (AvgIpc) is 3.00. The average molecular weight is 608 g/mol. The fourth-order valence-electron chi connectivity index (χ4n) is 4.64. The van der Waals surface area contributed by atoms with Crippen LogP contribution in [0.5, 0.6) is 5.75 Å². The number of halogens is 1. The molecule has 0 saturated carbocycles. The van der Waals surface area contributed by atoms with Crippen molar-refractivity contribution < 1.29 is 27.4 Å². The number of anilines is 3. The minimum Gasteiger partial charge on any atom is -0.494 e. The highest BCUT2D eigenvalue weighted by Crippen LogP contribution is 2.26. The van der Waals surface area contributed by atoms with E-state index in [0.717, 1.165) is 42.0 Å². The Morgan fingerprint density at radius 2 is 1.65 bits per heavy atom. The van der Waals surface area contributed by atoms with Crippen LogP contribution in [0.1, 0.15) is 19.3 Å². The van der Waals surface area contributed by atoms with Crippen molar-refractivity contribution in [2.45, 2.75) is 24.2 Å². The van der Waals surface area contributed by atoms with E-state index in [1.165, 1.54) is 50.5 Å². The summed E-state index contributed by atoms with van der Waals surface area (Å²) in [6.07, 6.45) is 5.04. The molecule has 0 bridgehead atoms. The van der Waals surface area contributed by atoms with E-state index >= 15 is 0 Å². The Labute approximate surface area is 250 Å². The van der Waals surface area contributed by atoms with Crippen LogP contribution in [-0.4, -0.2) is 61.6 Å². The fourth-order valence-corrected chi connectivity index (χ4v) is 5.78. The molecule has 2 heterocycles. The molecule has 1 saturated heterocycles. The SMILES string of the molecule is CN1CCC(CCOc2ccc(-c3cc(Nc4ccc(NS(=O)(=O)c5ccccc5F)cc4)ncn3)cc2)CC1.O=CO. The molecule has 5 rings (SSSR count). The van der Waals surface area contributed by atoms with Gasteiger partial charge >= 0.3 is 0 Å². The Balaban J connectivity index is 0.00000135. The monoisotopic (exact) mass is 607 g/mol. The molecule has 0 atom stereocenters. The van der Waals surface area contributed by atoms with Crippen LogP contribution in [-0.2, 0) is 14.8 Å². The number of sulfonamides is 1. The molecule has 0 aliphatic carbocycles. The molecule has 1 aliphatic rings. The largest absolute Gasteiger partial charge is 0.494 e. The second kappa shape index (κ2) is 15.1. The lowest BCUT2D eigenvalue weighted by molar-refractivity contribution is -0.122. The topological polar surface area (TPSA) is 134 Å². The quantitative estimate of drug-likeness (QED) is 0.196. The number of carboxylic acid groups (broad SMARTS) is 1. The Bertz CT molecular complexity index is 1580. The van der Waals surface area contributed by atoms with Gasteiger partial charge in [-0.3, -0.25) is 9.52 Å². The zero-order valence-corrected chi connectivity index (χ0v) is 24.5. The molecule has 226 valence electrons. The number of aromatic nitrogens is 2. The van der Waals surface area contributed by atoms with E-state index in [0.29, 0.717) is 17.2 Å². The number of nitrogens with zero attached hydrogens (tertiary/aromatic N) is 3. The maximum Gasteiger partial charge on any atom is 0.290 e. The number of carbonyl (C=O) groups is 1. The number of hydrogen-bond donors (Lipinski definition) is 3. The summed E-state index contributed by atoms with van der Waals surface area (Å²) in [4.78, 5) is 19.0. The maximum atomic E-state index is 13.9. The van der Waals surface area contributed by atoms with Crippen LogP contribution in [0.15, 0.2) is 90.1 Å². The molecule has 1 aliphatic heterocycles. The summed E-state index contributed by atoms with van der Waals surface area (Å²) < 4.78 is 47.4. The second-order valence-electron chi connectivity index (χ2n) is 10.0. The van der Waals surface area contributed by atoms with Gasteiger partial charge in [0, 0.05) is 23.0 Å². The van der Waals surface area contributed by atoms with E-state index in [9.17, 15) is 12.8 Å². The van der Waals surface area contributed by atoms with E-state index in [-0.39, 0.29) is 6.47 Å². The highest BCUT2D eigenvalue weighted by Gasteiger charge is 2.19. The fraction of sp³-hybridized carbons (Fsp3) is 0.258. The summed E-state index contributed by atoms with van der Waals surface area (Å²) >= 11 is 0. The third-order valence-electron chi connectivity index (χ3n) is 6.99. The Kier molecular flexibility index (Phi) is 11.0. The van der Waals surface area contributed by atoms with Crippen molar-refractivity contribution in [3.05, 3.63) is 91.0 Å². The highest BCUT2D eigenvalue weighted by atomic mass is 32.2. The Morgan fingerprint density at radius 3 is 2.33 bits per heavy atom. The van der Waals surface area contributed by atoms with Crippen LogP contribution in [0.3, 0.4) is 0 Å². The first kappa shape index (κ1) is 31.4. The summed E-state index contributed by atoms with van der Waals surface area (Å²) in [6, 6.07) is 21.6. The van der Waals surface area contributed by atoms with E-state index in [4.69, 9.17) is 14.6 Å². The third kappa shape index (κ3) is 9.22. The number of likely N-dealkylation sites (tertiary alicyclic amines) is 1. The summed E-state index contributed by atoms with van der Waals surface area (Å²) in [5, 5.41) is 10.1. The molecule has 10 nitrogen and oxygen atoms in total. The van der Waals surface area contributed by atoms with Crippen molar-refractivity contribution in [1.29, 1.82) is 0 Å². The van der Waals surface area contributed by atoms with Crippen molar-refractivity contribution in [2.24, 2.45) is 5.92 Å². The molecule has 3 N–H and O–H groups in total. The van der Waals surface area contributed by atoms with Gasteiger partial charge in [-0.2, -0.15) is 0 Å². The van der Waals surface area contributed by atoms with Gasteiger partial charge in [0.05, 0.1) is 12.3 Å². The molecule has 0 spiro atoms. The minimum atomic E-state index is -4.04. The van der Waals surface area contributed by atoms with Gasteiger partial charge in [0.25, 0.3) is 16.5 Å². The molecule has 0 unspecified atom stereocenters. The molecule has 0 radical (unpaired) electrons. The Hall–Kier alpha value is -4.55. The van der Waals surface area contributed by atoms with Gasteiger partial charge in [-0.05, 0) is 106 Å². The van der Waals surface area contributed by atoms with Gasteiger partial charge in [0.1, 0.15) is 28.6 Å². The van der Waals surface area contributed by atoms with Gasteiger partial charge in [0.15, 0.2) is 0 Å². The molecule has 1 fully saturated rings. The van der Waals surface area contributed by atoms with Gasteiger partial charge in [-0.1, -0.05) is 12.1 Å². The van der Waals surface area contributed by atoms with Crippen LogP contribution >= 0.6 is 0 Å². The van der Waals surface area contributed by atoms with Crippen molar-refractivity contribution in [3.63, 3.8) is 0 Å².